The first-order valence-electron chi connectivity index (χ1n) is 3.52. The average Bonchev–Trinajstić information content (AvgIpc) is 1.97. The molecule has 0 amide bonds. The van der Waals surface area contributed by atoms with Crippen LogP contribution in [0.2, 0.25) is 0 Å². The summed E-state index contributed by atoms with van der Waals surface area (Å²) in [5, 5.41) is 0. The second-order valence-electron chi connectivity index (χ2n) is 2.16. The van der Waals surface area contributed by atoms with Gasteiger partial charge in [0.25, 0.3) is 6.73 Å². The zero-order valence-electron chi connectivity index (χ0n) is 6.80. The van der Waals surface area contributed by atoms with Gasteiger partial charge in [-0.1, -0.05) is 13.3 Å². The Balaban J connectivity index is 3.09. The molecule has 0 aromatic heterocycles. The van der Waals surface area contributed by atoms with Crippen molar-refractivity contribution in [2.45, 2.75) is 19.8 Å². The molecule has 0 aliphatic carbocycles. The molecule has 0 rings (SSSR count). The summed E-state index contributed by atoms with van der Waals surface area (Å²) in [4.78, 5) is 9.07. The van der Waals surface area contributed by atoms with Crippen molar-refractivity contribution in [3.05, 3.63) is 0 Å². The third-order valence-electron chi connectivity index (χ3n) is 1.18. The van der Waals surface area contributed by atoms with E-state index >= 15 is 0 Å². The SMILES string of the molecule is C=[N+](CCCC)COOC. The number of nitrogens with zero attached hydrogens (tertiary/aromatic N) is 1. The van der Waals surface area contributed by atoms with E-state index in [9.17, 15) is 0 Å². The van der Waals surface area contributed by atoms with E-state index in [4.69, 9.17) is 0 Å². The van der Waals surface area contributed by atoms with Crippen LogP contribution >= 0.6 is 0 Å². The maximum atomic E-state index is 4.66. The molecular formula is C7H16NO2+. The van der Waals surface area contributed by atoms with E-state index in [0.717, 1.165) is 13.0 Å². The molecule has 0 aromatic carbocycles. The van der Waals surface area contributed by atoms with Gasteiger partial charge in [-0.05, 0) is 0 Å². The summed E-state index contributed by atoms with van der Waals surface area (Å²) in [5.74, 6) is 0. The lowest BCUT2D eigenvalue weighted by Gasteiger charge is -1.98. The van der Waals surface area contributed by atoms with Crippen molar-refractivity contribution < 1.29 is 14.4 Å². The van der Waals surface area contributed by atoms with Gasteiger partial charge in [-0.2, -0.15) is 4.89 Å². The maximum absolute atomic E-state index is 4.66. The highest BCUT2D eigenvalue weighted by molar-refractivity contribution is 5.14. The van der Waals surface area contributed by atoms with E-state index in [0.29, 0.717) is 6.73 Å². The topological polar surface area (TPSA) is 21.5 Å². The first-order valence-corrected chi connectivity index (χ1v) is 3.52. The lowest BCUT2D eigenvalue weighted by Crippen LogP contribution is -2.14. The zero-order valence-corrected chi connectivity index (χ0v) is 6.80. The zero-order chi connectivity index (χ0) is 7.82. The summed E-state index contributed by atoms with van der Waals surface area (Å²) in [6, 6.07) is 0. The molecule has 0 bridgehead atoms. The van der Waals surface area contributed by atoms with E-state index in [1.54, 1.807) is 0 Å². The Bertz CT molecular complexity index is 83.6. The van der Waals surface area contributed by atoms with Gasteiger partial charge in [-0.3, -0.25) is 0 Å². The summed E-state index contributed by atoms with van der Waals surface area (Å²) in [7, 11) is 1.49. The summed E-state index contributed by atoms with van der Waals surface area (Å²) in [6.45, 7) is 7.28. The standard InChI is InChI=1S/C7H16NO2/c1-4-5-6-8(2)7-10-9-3/h2,4-7H2,1,3H3/q+1. The molecule has 0 spiro atoms. The van der Waals surface area contributed by atoms with Gasteiger partial charge in [0.2, 0.25) is 0 Å². The quantitative estimate of drug-likeness (QED) is 0.183. The minimum Gasteiger partial charge on any atom is -0.234 e. The second-order valence-corrected chi connectivity index (χ2v) is 2.16. The molecular weight excluding hydrogens is 130 g/mol. The summed E-state index contributed by atoms with van der Waals surface area (Å²) < 4.78 is 1.83. The normalized spacial score (nSPS) is 9.80. The Kier molecular flexibility index (Phi) is 6.43. The second kappa shape index (κ2) is 6.71. The highest BCUT2D eigenvalue weighted by atomic mass is 17.2. The minimum atomic E-state index is 0.441. The van der Waals surface area contributed by atoms with E-state index in [1.165, 1.54) is 13.5 Å². The third kappa shape index (κ3) is 5.72. The first-order chi connectivity index (χ1) is 4.81. The fraction of sp³-hybridized carbons (Fsp3) is 0.857. The molecule has 0 aliphatic heterocycles. The molecule has 60 valence electrons. The van der Waals surface area contributed by atoms with E-state index in [-0.39, 0.29) is 0 Å². The molecule has 0 saturated carbocycles. The van der Waals surface area contributed by atoms with Crippen LogP contribution in [-0.2, 0) is 9.78 Å². The van der Waals surface area contributed by atoms with Crippen molar-refractivity contribution in [1.29, 1.82) is 0 Å². The lowest BCUT2D eigenvalue weighted by atomic mass is 10.3. The van der Waals surface area contributed by atoms with Crippen molar-refractivity contribution in [2.24, 2.45) is 0 Å². The Morgan fingerprint density at radius 1 is 1.50 bits per heavy atom. The molecule has 10 heavy (non-hydrogen) atoms. The van der Waals surface area contributed by atoms with Crippen LogP contribution in [0.5, 0.6) is 0 Å². The van der Waals surface area contributed by atoms with Crippen LogP contribution in [0.25, 0.3) is 0 Å². The van der Waals surface area contributed by atoms with Crippen molar-refractivity contribution in [2.75, 3.05) is 20.4 Å². The van der Waals surface area contributed by atoms with Gasteiger partial charge in [0.1, 0.15) is 13.3 Å². The van der Waals surface area contributed by atoms with Crippen LogP contribution in [0.1, 0.15) is 19.8 Å². The van der Waals surface area contributed by atoms with E-state index in [2.05, 4.69) is 23.4 Å². The van der Waals surface area contributed by atoms with E-state index in [1.807, 2.05) is 4.58 Å². The molecule has 3 heteroatoms. The summed E-state index contributed by atoms with van der Waals surface area (Å²) in [6.07, 6.45) is 2.33. The number of hydrogen-bond acceptors (Lipinski definition) is 2. The molecule has 0 saturated heterocycles. The molecule has 0 heterocycles. The number of rotatable bonds is 6. The van der Waals surface area contributed by atoms with Crippen LogP contribution in [0.3, 0.4) is 0 Å². The third-order valence-corrected chi connectivity index (χ3v) is 1.18. The highest BCUT2D eigenvalue weighted by Crippen LogP contribution is 1.86. The van der Waals surface area contributed by atoms with Crippen molar-refractivity contribution in [3.8, 4) is 0 Å². The molecule has 0 atom stereocenters. The Morgan fingerprint density at radius 2 is 2.20 bits per heavy atom. The lowest BCUT2D eigenvalue weighted by molar-refractivity contribution is -0.596. The van der Waals surface area contributed by atoms with Gasteiger partial charge in [0.05, 0.1) is 7.11 Å². The fourth-order valence-corrected chi connectivity index (χ4v) is 0.574. The first kappa shape index (κ1) is 9.59. The molecule has 0 aromatic rings. The highest BCUT2D eigenvalue weighted by Gasteiger charge is 1.97. The fourth-order valence-electron chi connectivity index (χ4n) is 0.574. The van der Waals surface area contributed by atoms with Gasteiger partial charge in [-0.15, -0.1) is 0 Å². The molecule has 0 aliphatic rings. The Hall–Kier alpha value is -0.410. The van der Waals surface area contributed by atoms with Gasteiger partial charge in [0.15, 0.2) is 0 Å². The number of unbranched alkanes of at least 4 members (excludes halogenated alkanes) is 1. The predicted molar refractivity (Wildman–Crippen MR) is 40.1 cm³/mol. The van der Waals surface area contributed by atoms with E-state index < -0.39 is 0 Å². The van der Waals surface area contributed by atoms with Crippen LogP contribution in [0.15, 0.2) is 0 Å². The molecule has 0 N–H and O–H groups in total. The Labute approximate surface area is 62.2 Å². The molecule has 0 unspecified atom stereocenters. The van der Waals surface area contributed by atoms with Crippen molar-refractivity contribution in [1.82, 2.24) is 0 Å². The average molecular weight is 146 g/mol. The summed E-state index contributed by atoms with van der Waals surface area (Å²) >= 11 is 0. The van der Waals surface area contributed by atoms with Crippen LogP contribution in [0.4, 0.5) is 0 Å². The molecule has 0 fully saturated rings. The monoisotopic (exact) mass is 146 g/mol. The summed E-state index contributed by atoms with van der Waals surface area (Å²) in [5.41, 5.74) is 0. The number of hydrogen-bond donors (Lipinski definition) is 0. The van der Waals surface area contributed by atoms with Gasteiger partial charge < -0.3 is 0 Å². The van der Waals surface area contributed by atoms with Gasteiger partial charge in [-0.25, -0.2) is 9.46 Å². The van der Waals surface area contributed by atoms with Gasteiger partial charge >= 0.3 is 0 Å². The van der Waals surface area contributed by atoms with Crippen LogP contribution in [-0.4, -0.2) is 31.7 Å². The van der Waals surface area contributed by atoms with Crippen molar-refractivity contribution >= 4 is 6.72 Å². The van der Waals surface area contributed by atoms with Crippen LogP contribution < -0.4 is 0 Å². The minimum absolute atomic E-state index is 0.441. The molecule has 3 nitrogen and oxygen atoms in total. The van der Waals surface area contributed by atoms with Gasteiger partial charge in [0, 0.05) is 6.42 Å². The smallest absolute Gasteiger partial charge is 0.234 e. The van der Waals surface area contributed by atoms with Crippen LogP contribution in [0, 0.1) is 0 Å². The maximum Gasteiger partial charge on any atom is 0.276 e. The molecule has 0 radical (unpaired) electrons. The largest absolute Gasteiger partial charge is 0.276 e. The predicted octanol–water partition coefficient (Wildman–Crippen LogP) is 1.04. The Morgan fingerprint density at radius 3 is 2.70 bits per heavy atom. The van der Waals surface area contributed by atoms with Crippen molar-refractivity contribution in [3.63, 3.8) is 0 Å².